The van der Waals surface area contributed by atoms with Crippen molar-refractivity contribution >= 4 is 22.7 Å². The van der Waals surface area contributed by atoms with Gasteiger partial charge in [-0.05, 0) is 36.2 Å². The molecule has 5 nitrogen and oxygen atoms in total. The molecule has 0 atom stereocenters. The van der Waals surface area contributed by atoms with E-state index in [4.69, 9.17) is 0 Å². The molecule has 128 valence electrons. The Balaban J connectivity index is 1.56. The van der Waals surface area contributed by atoms with E-state index in [0.717, 1.165) is 22.2 Å². The third-order valence-electron chi connectivity index (χ3n) is 3.98. The van der Waals surface area contributed by atoms with Gasteiger partial charge in [-0.1, -0.05) is 30.3 Å². The first kappa shape index (κ1) is 16.7. The number of hydrogen-bond donors (Lipinski definition) is 3. The summed E-state index contributed by atoms with van der Waals surface area (Å²) < 4.78 is 12.8. The van der Waals surface area contributed by atoms with Crippen LogP contribution in [0.3, 0.4) is 0 Å². The lowest BCUT2D eigenvalue weighted by Crippen LogP contribution is -2.43. The molecule has 3 N–H and O–H groups in total. The van der Waals surface area contributed by atoms with Crippen LogP contribution >= 0.6 is 0 Å². The fraction of sp³-hybridized carbons (Fsp3) is 0.158. The number of benzene rings is 2. The predicted octanol–water partition coefficient (Wildman–Crippen LogP) is 2.55. The Kier molecular flexibility index (Phi) is 4.79. The van der Waals surface area contributed by atoms with Gasteiger partial charge in [0, 0.05) is 16.6 Å². The Morgan fingerprint density at radius 2 is 1.60 bits per heavy atom. The summed E-state index contributed by atoms with van der Waals surface area (Å²) >= 11 is 0. The van der Waals surface area contributed by atoms with Crippen molar-refractivity contribution in [3.05, 3.63) is 71.2 Å². The highest BCUT2D eigenvalue weighted by atomic mass is 19.1. The summed E-state index contributed by atoms with van der Waals surface area (Å²) in [6.07, 6.45) is 0.222. The van der Waals surface area contributed by atoms with Crippen LogP contribution in [0.5, 0.6) is 0 Å². The second-order valence-corrected chi connectivity index (χ2v) is 5.85. The molecule has 3 rings (SSSR count). The first-order valence-electron chi connectivity index (χ1n) is 7.91. The summed E-state index contributed by atoms with van der Waals surface area (Å²) in [4.78, 5) is 27.2. The number of nitrogens with one attached hydrogen (secondary N) is 3. The minimum Gasteiger partial charge on any atom is -0.358 e. The highest BCUT2D eigenvalue weighted by molar-refractivity contribution is 5.91. The van der Waals surface area contributed by atoms with E-state index in [-0.39, 0.29) is 30.5 Å². The fourth-order valence-electron chi connectivity index (χ4n) is 2.74. The highest BCUT2D eigenvalue weighted by Crippen LogP contribution is 2.22. The van der Waals surface area contributed by atoms with E-state index in [2.05, 4.69) is 15.8 Å². The molecule has 0 saturated heterocycles. The van der Waals surface area contributed by atoms with Gasteiger partial charge in [-0.15, -0.1) is 0 Å². The van der Waals surface area contributed by atoms with E-state index in [1.807, 2.05) is 31.2 Å². The molecule has 0 aliphatic rings. The first-order valence-corrected chi connectivity index (χ1v) is 7.91. The number of carbonyl (C=O) groups excluding carboxylic acids is 2. The normalized spacial score (nSPS) is 10.6. The molecule has 2 aromatic carbocycles. The van der Waals surface area contributed by atoms with Crippen molar-refractivity contribution in [3.8, 4) is 0 Å². The quantitative estimate of drug-likeness (QED) is 0.639. The molecule has 2 amide bonds. The summed E-state index contributed by atoms with van der Waals surface area (Å²) in [5, 5.41) is 0.993. The Morgan fingerprint density at radius 1 is 0.960 bits per heavy atom. The van der Waals surface area contributed by atoms with Gasteiger partial charge in [-0.3, -0.25) is 20.4 Å². The van der Waals surface area contributed by atoms with E-state index in [0.29, 0.717) is 5.56 Å². The monoisotopic (exact) mass is 339 g/mol. The van der Waals surface area contributed by atoms with Crippen LogP contribution in [0.4, 0.5) is 4.39 Å². The number of halogens is 1. The molecule has 1 heterocycles. The van der Waals surface area contributed by atoms with Crippen molar-refractivity contribution in [2.75, 3.05) is 0 Å². The van der Waals surface area contributed by atoms with Crippen molar-refractivity contribution in [2.45, 2.75) is 19.8 Å². The molecule has 3 aromatic rings. The third kappa shape index (κ3) is 4.03. The van der Waals surface area contributed by atoms with Gasteiger partial charge < -0.3 is 4.98 Å². The van der Waals surface area contributed by atoms with Crippen LogP contribution in [0, 0.1) is 12.7 Å². The first-order chi connectivity index (χ1) is 12.0. The summed E-state index contributed by atoms with van der Waals surface area (Å²) in [5.74, 6) is -1.03. The van der Waals surface area contributed by atoms with Crippen LogP contribution < -0.4 is 10.9 Å². The number of hydrazine groups is 1. The maximum absolute atomic E-state index is 12.8. The molecule has 0 spiro atoms. The lowest BCUT2D eigenvalue weighted by atomic mass is 10.1. The van der Waals surface area contributed by atoms with E-state index in [9.17, 15) is 14.0 Å². The van der Waals surface area contributed by atoms with Crippen molar-refractivity contribution in [1.29, 1.82) is 0 Å². The maximum Gasteiger partial charge on any atom is 0.242 e. The molecule has 0 unspecified atom stereocenters. The number of amides is 2. The molecule has 0 aliphatic heterocycles. The number of para-hydroxylation sites is 1. The van der Waals surface area contributed by atoms with E-state index in [1.54, 1.807) is 0 Å². The molecule has 25 heavy (non-hydrogen) atoms. The van der Waals surface area contributed by atoms with Crippen LogP contribution in [0.2, 0.25) is 0 Å². The highest BCUT2D eigenvalue weighted by Gasteiger charge is 2.13. The lowest BCUT2D eigenvalue weighted by molar-refractivity contribution is -0.128. The molecule has 0 fully saturated rings. The molecule has 0 saturated carbocycles. The SMILES string of the molecule is Cc1[nH]c2ccccc2c1CC(=O)NNC(=O)Cc1ccc(F)cc1. The third-order valence-corrected chi connectivity index (χ3v) is 3.98. The van der Waals surface area contributed by atoms with E-state index in [1.165, 1.54) is 24.3 Å². The summed E-state index contributed by atoms with van der Waals surface area (Å²) in [6, 6.07) is 13.4. The van der Waals surface area contributed by atoms with Crippen LogP contribution in [0.15, 0.2) is 48.5 Å². The van der Waals surface area contributed by atoms with Crippen molar-refractivity contribution < 1.29 is 14.0 Å². The van der Waals surface area contributed by atoms with Crippen LogP contribution in [0.1, 0.15) is 16.8 Å². The number of rotatable bonds is 4. The van der Waals surface area contributed by atoms with Crippen LogP contribution in [-0.2, 0) is 22.4 Å². The second kappa shape index (κ2) is 7.17. The molecule has 0 radical (unpaired) electrons. The second-order valence-electron chi connectivity index (χ2n) is 5.85. The number of fused-ring (bicyclic) bond motifs is 1. The number of aromatic amines is 1. The van der Waals surface area contributed by atoms with Gasteiger partial charge >= 0.3 is 0 Å². The lowest BCUT2D eigenvalue weighted by Gasteiger charge is -2.08. The zero-order valence-electron chi connectivity index (χ0n) is 13.7. The number of hydrogen-bond acceptors (Lipinski definition) is 2. The molecule has 1 aromatic heterocycles. The Labute approximate surface area is 144 Å². The van der Waals surface area contributed by atoms with Gasteiger partial charge in [-0.2, -0.15) is 0 Å². The van der Waals surface area contributed by atoms with Crippen molar-refractivity contribution in [1.82, 2.24) is 15.8 Å². The average Bonchev–Trinajstić information content (AvgIpc) is 2.91. The zero-order chi connectivity index (χ0) is 17.8. The largest absolute Gasteiger partial charge is 0.358 e. The summed E-state index contributed by atoms with van der Waals surface area (Å²) in [6.45, 7) is 1.91. The molecule has 6 heteroatoms. The van der Waals surface area contributed by atoms with Crippen molar-refractivity contribution in [2.24, 2.45) is 0 Å². The number of aryl methyl sites for hydroxylation is 1. The standard InChI is InChI=1S/C19H18FN3O2/c1-12-16(15-4-2-3-5-17(15)21-12)11-19(25)23-22-18(24)10-13-6-8-14(20)9-7-13/h2-9,21H,10-11H2,1H3,(H,22,24)(H,23,25). The maximum atomic E-state index is 12.8. The average molecular weight is 339 g/mol. The minimum atomic E-state index is -0.365. The van der Waals surface area contributed by atoms with Gasteiger partial charge in [0.1, 0.15) is 5.82 Å². The number of carbonyl (C=O) groups is 2. The minimum absolute atomic E-state index is 0.0622. The van der Waals surface area contributed by atoms with E-state index < -0.39 is 0 Å². The van der Waals surface area contributed by atoms with Crippen LogP contribution in [0.25, 0.3) is 10.9 Å². The molecule has 0 aliphatic carbocycles. The van der Waals surface area contributed by atoms with Gasteiger partial charge in [-0.25, -0.2) is 4.39 Å². The summed E-state index contributed by atoms with van der Waals surface area (Å²) in [5.41, 5.74) is 8.27. The van der Waals surface area contributed by atoms with Gasteiger partial charge in [0.15, 0.2) is 0 Å². The fourth-order valence-corrected chi connectivity index (χ4v) is 2.74. The Morgan fingerprint density at radius 3 is 2.32 bits per heavy atom. The Hall–Kier alpha value is -3.15. The molecular formula is C19H18FN3O2. The smallest absolute Gasteiger partial charge is 0.242 e. The van der Waals surface area contributed by atoms with Gasteiger partial charge in [0.2, 0.25) is 11.8 Å². The number of aromatic nitrogens is 1. The van der Waals surface area contributed by atoms with Gasteiger partial charge in [0.05, 0.1) is 12.8 Å². The zero-order valence-corrected chi connectivity index (χ0v) is 13.7. The predicted molar refractivity (Wildman–Crippen MR) is 93.1 cm³/mol. The van der Waals surface area contributed by atoms with Gasteiger partial charge in [0.25, 0.3) is 0 Å². The molecule has 0 bridgehead atoms. The Bertz CT molecular complexity index is 916. The van der Waals surface area contributed by atoms with E-state index >= 15 is 0 Å². The van der Waals surface area contributed by atoms with Crippen molar-refractivity contribution in [3.63, 3.8) is 0 Å². The topological polar surface area (TPSA) is 74.0 Å². The summed E-state index contributed by atoms with van der Waals surface area (Å²) in [7, 11) is 0. The molecular weight excluding hydrogens is 321 g/mol. The number of H-pyrrole nitrogens is 1. The van der Waals surface area contributed by atoms with Crippen LogP contribution in [-0.4, -0.2) is 16.8 Å².